The fraction of sp³-hybridized carbons (Fsp3) is 0.263. The normalized spacial score (nSPS) is 10.5. The Balaban J connectivity index is 1.82. The lowest BCUT2D eigenvalue weighted by Crippen LogP contribution is -2.07. The van der Waals surface area contributed by atoms with E-state index in [0.29, 0.717) is 24.9 Å². The van der Waals surface area contributed by atoms with Gasteiger partial charge in [-0.05, 0) is 44.5 Å². The van der Waals surface area contributed by atoms with Crippen LogP contribution < -0.4 is 10.1 Å². The van der Waals surface area contributed by atoms with Crippen molar-refractivity contribution in [1.29, 1.82) is 0 Å². The third kappa shape index (κ3) is 4.09. The smallest absolute Gasteiger partial charge is 0.213 e. The second-order valence-corrected chi connectivity index (χ2v) is 5.64. The molecule has 3 rings (SSSR count). The molecule has 25 heavy (non-hydrogen) atoms. The molecule has 0 aliphatic carbocycles. The zero-order chi connectivity index (χ0) is 17.6. The Morgan fingerprint density at radius 1 is 1.12 bits per heavy atom. The first kappa shape index (κ1) is 16.8. The number of nitrogens with zero attached hydrogens (tertiary/aromatic N) is 4. The Morgan fingerprint density at radius 2 is 2.00 bits per heavy atom. The van der Waals surface area contributed by atoms with Crippen LogP contribution >= 0.6 is 0 Å². The minimum absolute atomic E-state index is 0.600. The Kier molecular flexibility index (Phi) is 5.18. The van der Waals surface area contributed by atoms with E-state index in [1.807, 2.05) is 45.0 Å². The maximum Gasteiger partial charge on any atom is 0.213 e. The number of aromatic nitrogens is 4. The van der Waals surface area contributed by atoms with Gasteiger partial charge in [0.05, 0.1) is 6.61 Å². The third-order valence-corrected chi connectivity index (χ3v) is 3.86. The number of nitrogens with one attached hydrogen (secondary N) is 1. The van der Waals surface area contributed by atoms with Crippen molar-refractivity contribution in [3.8, 4) is 17.3 Å². The molecular weight excluding hydrogens is 314 g/mol. The molecule has 1 N–H and O–H groups in total. The Bertz CT molecular complexity index is 852. The van der Waals surface area contributed by atoms with Crippen molar-refractivity contribution in [3.63, 3.8) is 0 Å². The van der Waals surface area contributed by atoms with Gasteiger partial charge in [-0.3, -0.25) is 4.98 Å². The summed E-state index contributed by atoms with van der Waals surface area (Å²) in [6, 6.07) is 7.73. The lowest BCUT2D eigenvalue weighted by atomic mass is 10.2. The van der Waals surface area contributed by atoms with Gasteiger partial charge >= 0.3 is 0 Å². The van der Waals surface area contributed by atoms with E-state index in [1.165, 1.54) is 0 Å². The van der Waals surface area contributed by atoms with E-state index < -0.39 is 0 Å². The SMILES string of the molecule is CCOc1cc(CNc2nc(-c3cccnc3)nc(C)c2C)ccn1. The number of hydrogen-bond donors (Lipinski definition) is 1. The number of rotatable bonds is 6. The fourth-order valence-corrected chi connectivity index (χ4v) is 2.40. The topological polar surface area (TPSA) is 72.8 Å². The Morgan fingerprint density at radius 3 is 2.76 bits per heavy atom. The molecule has 0 fully saturated rings. The lowest BCUT2D eigenvalue weighted by Gasteiger charge is -2.13. The number of hydrogen-bond acceptors (Lipinski definition) is 6. The van der Waals surface area contributed by atoms with E-state index in [-0.39, 0.29) is 0 Å². The predicted octanol–water partition coefficient (Wildman–Crippen LogP) is 3.56. The van der Waals surface area contributed by atoms with Crippen LogP contribution in [0.3, 0.4) is 0 Å². The largest absolute Gasteiger partial charge is 0.478 e. The van der Waals surface area contributed by atoms with E-state index >= 15 is 0 Å². The molecule has 3 heterocycles. The molecule has 0 atom stereocenters. The maximum atomic E-state index is 5.45. The van der Waals surface area contributed by atoms with Crippen molar-refractivity contribution in [2.24, 2.45) is 0 Å². The van der Waals surface area contributed by atoms with E-state index in [0.717, 1.165) is 28.2 Å². The van der Waals surface area contributed by atoms with Crippen LogP contribution in [-0.2, 0) is 6.54 Å². The molecule has 3 aromatic heterocycles. The summed E-state index contributed by atoms with van der Waals surface area (Å²) < 4.78 is 5.45. The highest BCUT2D eigenvalue weighted by atomic mass is 16.5. The number of anilines is 1. The van der Waals surface area contributed by atoms with Crippen LogP contribution in [0.4, 0.5) is 5.82 Å². The predicted molar refractivity (Wildman–Crippen MR) is 97.5 cm³/mol. The van der Waals surface area contributed by atoms with Crippen LogP contribution in [0.2, 0.25) is 0 Å². The summed E-state index contributed by atoms with van der Waals surface area (Å²) in [5.74, 6) is 2.12. The molecule has 0 saturated heterocycles. The molecule has 128 valence electrons. The standard InChI is InChI=1S/C19H21N5O/c1-4-25-17-10-15(7-9-21-17)11-22-18-13(2)14(3)23-19(24-18)16-6-5-8-20-12-16/h5-10,12H,4,11H2,1-3H3,(H,22,23,24). The van der Waals surface area contributed by atoms with E-state index in [4.69, 9.17) is 4.74 Å². The van der Waals surface area contributed by atoms with Crippen LogP contribution in [0.25, 0.3) is 11.4 Å². The first-order valence-corrected chi connectivity index (χ1v) is 8.24. The number of ether oxygens (including phenoxy) is 1. The monoisotopic (exact) mass is 335 g/mol. The van der Waals surface area contributed by atoms with Crippen LogP contribution in [0.1, 0.15) is 23.7 Å². The molecule has 6 heteroatoms. The minimum atomic E-state index is 0.600. The quantitative estimate of drug-likeness (QED) is 0.742. The van der Waals surface area contributed by atoms with Crippen molar-refractivity contribution in [2.75, 3.05) is 11.9 Å². The highest BCUT2D eigenvalue weighted by Gasteiger charge is 2.10. The van der Waals surface area contributed by atoms with E-state index in [2.05, 4.69) is 25.3 Å². The molecular formula is C19H21N5O. The summed E-state index contributed by atoms with van der Waals surface area (Å²) in [6.45, 7) is 7.18. The van der Waals surface area contributed by atoms with Crippen molar-refractivity contribution < 1.29 is 4.74 Å². The summed E-state index contributed by atoms with van der Waals surface area (Å²) in [5.41, 5.74) is 3.96. The zero-order valence-corrected chi connectivity index (χ0v) is 14.7. The fourth-order valence-electron chi connectivity index (χ4n) is 2.40. The second kappa shape index (κ2) is 7.70. The summed E-state index contributed by atoms with van der Waals surface area (Å²) in [4.78, 5) is 17.6. The van der Waals surface area contributed by atoms with Crippen molar-refractivity contribution in [2.45, 2.75) is 27.3 Å². The Labute approximate surface area is 147 Å². The molecule has 0 bridgehead atoms. The van der Waals surface area contributed by atoms with Crippen molar-refractivity contribution in [3.05, 3.63) is 59.7 Å². The van der Waals surface area contributed by atoms with Crippen LogP contribution in [0, 0.1) is 13.8 Å². The molecule has 0 aromatic carbocycles. The molecule has 6 nitrogen and oxygen atoms in total. The molecule has 0 aliphatic rings. The van der Waals surface area contributed by atoms with E-state index in [1.54, 1.807) is 18.6 Å². The van der Waals surface area contributed by atoms with Gasteiger partial charge in [0.2, 0.25) is 5.88 Å². The number of aryl methyl sites for hydroxylation is 1. The molecule has 0 spiro atoms. The van der Waals surface area contributed by atoms with Gasteiger partial charge < -0.3 is 10.1 Å². The highest BCUT2D eigenvalue weighted by Crippen LogP contribution is 2.21. The summed E-state index contributed by atoms with van der Waals surface area (Å²) in [7, 11) is 0. The van der Waals surface area contributed by atoms with Gasteiger partial charge in [-0.15, -0.1) is 0 Å². The maximum absolute atomic E-state index is 5.45. The molecule has 0 saturated carbocycles. The van der Waals surface area contributed by atoms with Gasteiger partial charge in [-0.25, -0.2) is 15.0 Å². The third-order valence-electron chi connectivity index (χ3n) is 3.86. The molecule has 0 amide bonds. The summed E-state index contributed by atoms with van der Waals surface area (Å²) in [5, 5.41) is 3.39. The van der Waals surface area contributed by atoms with Gasteiger partial charge in [0.15, 0.2) is 5.82 Å². The van der Waals surface area contributed by atoms with Crippen molar-refractivity contribution in [1.82, 2.24) is 19.9 Å². The van der Waals surface area contributed by atoms with Gasteiger partial charge in [0.25, 0.3) is 0 Å². The van der Waals surface area contributed by atoms with Gasteiger partial charge in [0, 0.05) is 48.0 Å². The highest BCUT2D eigenvalue weighted by molar-refractivity contribution is 5.58. The van der Waals surface area contributed by atoms with Gasteiger partial charge in [-0.2, -0.15) is 0 Å². The van der Waals surface area contributed by atoms with Crippen LogP contribution in [0.15, 0.2) is 42.9 Å². The zero-order valence-electron chi connectivity index (χ0n) is 14.7. The minimum Gasteiger partial charge on any atom is -0.478 e. The second-order valence-electron chi connectivity index (χ2n) is 5.64. The summed E-state index contributed by atoms with van der Waals surface area (Å²) in [6.07, 6.45) is 5.26. The van der Waals surface area contributed by atoms with Crippen LogP contribution in [0.5, 0.6) is 5.88 Å². The first-order valence-electron chi connectivity index (χ1n) is 8.24. The molecule has 0 aliphatic heterocycles. The first-order chi connectivity index (χ1) is 12.2. The molecule has 0 unspecified atom stereocenters. The van der Waals surface area contributed by atoms with Crippen molar-refractivity contribution >= 4 is 5.82 Å². The molecule has 0 radical (unpaired) electrons. The van der Waals surface area contributed by atoms with E-state index in [9.17, 15) is 0 Å². The lowest BCUT2D eigenvalue weighted by molar-refractivity contribution is 0.326. The number of pyridine rings is 2. The van der Waals surface area contributed by atoms with Gasteiger partial charge in [-0.1, -0.05) is 0 Å². The average Bonchev–Trinajstić information content (AvgIpc) is 2.64. The molecule has 3 aromatic rings. The van der Waals surface area contributed by atoms with Crippen LogP contribution in [-0.4, -0.2) is 26.5 Å². The Hall–Kier alpha value is -3.02. The summed E-state index contributed by atoms with van der Waals surface area (Å²) >= 11 is 0. The average molecular weight is 335 g/mol. The van der Waals surface area contributed by atoms with Gasteiger partial charge in [0.1, 0.15) is 5.82 Å².